The summed E-state index contributed by atoms with van der Waals surface area (Å²) >= 11 is 0. The van der Waals surface area contributed by atoms with E-state index >= 15 is 0 Å². The monoisotopic (exact) mass is 264 g/mol. The van der Waals surface area contributed by atoms with Gasteiger partial charge in [0.25, 0.3) is 5.91 Å². The van der Waals surface area contributed by atoms with Crippen LogP contribution in [0, 0.1) is 0 Å². The van der Waals surface area contributed by atoms with Gasteiger partial charge in [-0.1, -0.05) is 6.07 Å². The first kappa shape index (κ1) is 14.0. The molecule has 1 heterocycles. The standard InChI is InChI=1S/C14H20N2O3/c1-19-9-13(4-5-17)16-14(18)10-2-3-11-7-15-8-12(11)6-10/h2-3,6,13,15,17H,4-5,7-9H2,1H3,(H,16,18). The first-order valence-corrected chi connectivity index (χ1v) is 6.47. The van der Waals surface area contributed by atoms with Crippen LogP contribution in [0.5, 0.6) is 0 Å². The zero-order valence-corrected chi connectivity index (χ0v) is 11.1. The summed E-state index contributed by atoms with van der Waals surface area (Å²) in [4.78, 5) is 12.1. The second kappa shape index (κ2) is 6.65. The molecule has 1 unspecified atom stereocenters. The van der Waals surface area contributed by atoms with Crippen molar-refractivity contribution in [3.05, 3.63) is 34.9 Å². The molecule has 104 valence electrons. The van der Waals surface area contributed by atoms with Gasteiger partial charge in [0, 0.05) is 32.4 Å². The highest BCUT2D eigenvalue weighted by Crippen LogP contribution is 2.17. The van der Waals surface area contributed by atoms with Crippen molar-refractivity contribution < 1.29 is 14.6 Å². The lowest BCUT2D eigenvalue weighted by Crippen LogP contribution is -2.38. The summed E-state index contributed by atoms with van der Waals surface area (Å²) in [5.41, 5.74) is 3.08. The van der Waals surface area contributed by atoms with Gasteiger partial charge in [0.2, 0.25) is 0 Å². The Morgan fingerprint density at radius 2 is 2.26 bits per heavy atom. The van der Waals surface area contributed by atoms with Crippen LogP contribution < -0.4 is 10.6 Å². The first-order chi connectivity index (χ1) is 9.24. The summed E-state index contributed by atoms with van der Waals surface area (Å²) in [6.07, 6.45) is 0.492. The Hall–Kier alpha value is -1.43. The lowest BCUT2D eigenvalue weighted by atomic mass is 10.1. The number of fused-ring (bicyclic) bond motifs is 1. The van der Waals surface area contributed by atoms with E-state index < -0.39 is 0 Å². The Morgan fingerprint density at radius 1 is 1.47 bits per heavy atom. The largest absolute Gasteiger partial charge is 0.396 e. The number of carbonyl (C=O) groups is 1. The van der Waals surface area contributed by atoms with E-state index in [9.17, 15) is 4.79 Å². The molecule has 1 aliphatic heterocycles. The molecule has 5 nitrogen and oxygen atoms in total. The molecule has 0 bridgehead atoms. The van der Waals surface area contributed by atoms with Crippen LogP contribution in [0.25, 0.3) is 0 Å². The van der Waals surface area contributed by atoms with Crippen molar-refractivity contribution in [2.24, 2.45) is 0 Å². The van der Waals surface area contributed by atoms with E-state index in [1.807, 2.05) is 18.2 Å². The van der Waals surface area contributed by atoms with E-state index in [1.165, 1.54) is 11.1 Å². The second-order valence-corrected chi connectivity index (χ2v) is 4.73. The SMILES string of the molecule is COCC(CCO)NC(=O)c1ccc2c(c1)CNC2. The van der Waals surface area contributed by atoms with Gasteiger partial charge in [-0.15, -0.1) is 0 Å². The van der Waals surface area contributed by atoms with Gasteiger partial charge in [-0.05, 0) is 29.7 Å². The fraction of sp³-hybridized carbons (Fsp3) is 0.500. The lowest BCUT2D eigenvalue weighted by Gasteiger charge is -2.17. The molecule has 19 heavy (non-hydrogen) atoms. The van der Waals surface area contributed by atoms with E-state index in [4.69, 9.17) is 9.84 Å². The zero-order valence-electron chi connectivity index (χ0n) is 11.1. The number of aliphatic hydroxyl groups is 1. The Morgan fingerprint density at radius 3 is 3.00 bits per heavy atom. The third kappa shape index (κ3) is 3.53. The minimum atomic E-state index is -0.158. The van der Waals surface area contributed by atoms with Gasteiger partial charge >= 0.3 is 0 Å². The molecule has 0 aromatic heterocycles. The van der Waals surface area contributed by atoms with Gasteiger partial charge < -0.3 is 20.5 Å². The Balaban J connectivity index is 2.02. The van der Waals surface area contributed by atoms with Crippen LogP contribution >= 0.6 is 0 Å². The molecule has 0 fully saturated rings. The molecule has 1 atom stereocenters. The minimum Gasteiger partial charge on any atom is -0.396 e. The van der Waals surface area contributed by atoms with Crippen LogP contribution in [0.3, 0.4) is 0 Å². The molecule has 0 aliphatic carbocycles. The normalized spacial score (nSPS) is 15.1. The van der Waals surface area contributed by atoms with Crippen molar-refractivity contribution in [3.8, 4) is 0 Å². The number of rotatable bonds is 6. The van der Waals surface area contributed by atoms with Gasteiger partial charge in [0.05, 0.1) is 12.6 Å². The maximum absolute atomic E-state index is 12.1. The summed E-state index contributed by atoms with van der Waals surface area (Å²) < 4.78 is 5.03. The molecule has 1 aromatic carbocycles. The summed E-state index contributed by atoms with van der Waals surface area (Å²) in [5.74, 6) is -0.120. The number of ether oxygens (including phenoxy) is 1. The molecule has 0 radical (unpaired) electrons. The van der Waals surface area contributed by atoms with Crippen LogP contribution in [0.1, 0.15) is 27.9 Å². The van der Waals surface area contributed by atoms with Crippen LogP contribution in [0.4, 0.5) is 0 Å². The average Bonchev–Trinajstić information content (AvgIpc) is 2.86. The third-order valence-corrected chi connectivity index (χ3v) is 3.28. The van der Waals surface area contributed by atoms with Crippen molar-refractivity contribution in [1.29, 1.82) is 0 Å². The summed E-state index contributed by atoms with van der Waals surface area (Å²) in [6.45, 7) is 2.11. The van der Waals surface area contributed by atoms with Gasteiger partial charge in [0.15, 0.2) is 0 Å². The molecule has 0 saturated carbocycles. The van der Waals surface area contributed by atoms with Crippen LogP contribution in [0.15, 0.2) is 18.2 Å². The highest BCUT2D eigenvalue weighted by atomic mass is 16.5. The number of hydrogen-bond acceptors (Lipinski definition) is 4. The van der Waals surface area contributed by atoms with Crippen LogP contribution in [-0.2, 0) is 17.8 Å². The summed E-state index contributed by atoms with van der Waals surface area (Å²) in [6, 6.07) is 5.59. The van der Waals surface area contributed by atoms with E-state index in [2.05, 4.69) is 10.6 Å². The second-order valence-electron chi connectivity index (χ2n) is 4.73. The van der Waals surface area contributed by atoms with Crippen molar-refractivity contribution >= 4 is 5.91 Å². The van der Waals surface area contributed by atoms with Crippen molar-refractivity contribution in [1.82, 2.24) is 10.6 Å². The van der Waals surface area contributed by atoms with E-state index in [-0.39, 0.29) is 18.6 Å². The van der Waals surface area contributed by atoms with Crippen molar-refractivity contribution in [3.63, 3.8) is 0 Å². The number of hydrogen-bond donors (Lipinski definition) is 3. The number of nitrogens with one attached hydrogen (secondary N) is 2. The predicted molar refractivity (Wildman–Crippen MR) is 71.8 cm³/mol. The van der Waals surface area contributed by atoms with Crippen molar-refractivity contribution in [2.45, 2.75) is 25.6 Å². The van der Waals surface area contributed by atoms with Gasteiger partial charge in [-0.25, -0.2) is 0 Å². The number of benzene rings is 1. The molecule has 1 amide bonds. The molecule has 2 rings (SSSR count). The number of carbonyl (C=O) groups excluding carboxylic acids is 1. The van der Waals surface area contributed by atoms with E-state index in [0.717, 1.165) is 13.1 Å². The van der Waals surface area contributed by atoms with Gasteiger partial charge in [-0.3, -0.25) is 4.79 Å². The van der Waals surface area contributed by atoms with Gasteiger partial charge in [0.1, 0.15) is 0 Å². The smallest absolute Gasteiger partial charge is 0.251 e. The molecule has 1 aliphatic rings. The van der Waals surface area contributed by atoms with E-state index in [0.29, 0.717) is 18.6 Å². The summed E-state index contributed by atoms with van der Waals surface area (Å²) in [7, 11) is 1.58. The predicted octanol–water partition coefficient (Wildman–Crippen LogP) is 0.417. The average molecular weight is 264 g/mol. The Bertz CT molecular complexity index is 442. The third-order valence-electron chi connectivity index (χ3n) is 3.28. The maximum Gasteiger partial charge on any atom is 0.251 e. The molecular formula is C14H20N2O3. The summed E-state index contributed by atoms with van der Waals surface area (Å²) in [5, 5.41) is 15.1. The van der Waals surface area contributed by atoms with Crippen molar-refractivity contribution in [2.75, 3.05) is 20.3 Å². The van der Waals surface area contributed by atoms with Gasteiger partial charge in [-0.2, -0.15) is 0 Å². The van der Waals surface area contributed by atoms with Crippen LogP contribution in [0.2, 0.25) is 0 Å². The first-order valence-electron chi connectivity index (χ1n) is 6.47. The fourth-order valence-corrected chi connectivity index (χ4v) is 2.26. The molecular weight excluding hydrogens is 244 g/mol. The number of amides is 1. The zero-order chi connectivity index (χ0) is 13.7. The Kier molecular flexibility index (Phi) is 4.90. The maximum atomic E-state index is 12.1. The molecule has 1 aromatic rings. The molecule has 5 heteroatoms. The van der Waals surface area contributed by atoms with E-state index in [1.54, 1.807) is 7.11 Å². The fourth-order valence-electron chi connectivity index (χ4n) is 2.26. The Labute approximate surface area is 113 Å². The minimum absolute atomic E-state index is 0.0302. The molecule has 0 saturated heterocycles. The molecule has 0 spiro atoms. The van der Waals surface area contributed by atoms with Crippen LogP contribution in [-0.4, -0.2) is 37.4 Å². The number of methoxy groups -OCH3 is 1. The highest BCUT2D eigenvalue weighted by molar-refractivity contribution is 5.94. The number of aliphatic hydroxyl groups excluding tert-OH is 1. The topological polar surface area (TPSA) is 70.6 Å². The quantitative estimate of drug-likeness (QED) is 0.696. The highest BCUT2D eigenvalue weighted by Gasteiger charge is 2.16. The molecule has 3 N–H and O–H groups in total. The lowest BCUT2D eigenvalue weighted by molar-refractivity contribution is 0.0878.